The quantitative estimate of drug-likeness (QED) is 0.193. The van der Waals surface area contributed by atoms with Gasteiger partial charge in [-0.05, 0) is 19.3 Å². The normalized spacial score (nSPS) is 13.9. The number of hydrogen-bond donors (Lipinski definition) is 2. The van der Waals surface area contributed by atoms with Gasteiger partial charge in [0.25, 0.3) is 0 Å². The van der Waals surface area contributed by atoms with Gasteiger partial charge in [0.2, 0.25) is 0 Å². The number of carboxylic acid groups (broad SMARTS) is 2. The van der Waals surface area contributed by atoms with E-state index in [4.69, 9.17) is 0 Å². The van der Waals surface area contributed by atoms with Gasteiger partial charge in [-0.1, -0.05) is 97.0 Å². The minimum absolute atomic E-state index is 0. The Morgan fingerprint density at radius 1 is 0.893 bits per heavy atom. The van der Waals surface area contributed by atoms with Crippen molar-refractivity contribution in [3.63, 3.8) is 0 Å². The van der Waals surface area contributed by atoms with Crippen molar-refractivity contribution in [2.75, 3.05) is 0 Å². The van der Waals surface area contributed by atoms with Crippen LogP contribution in [-0.4, -0.2) is 22.2 Å². The molecule has 0 radical (unpaired) electrons. The van der Waals surface area contributed by atoms with Crippen molar-refractivity contribution in [2.45, 2.75) is 110 Å². The SMILES string of the molecule is C=CCC(CCCCCCCC)(C(=O)O)C(CCCCCCCC)C(=O)O.[H-].[Na+]. The van der Waals surface area contributed by atoms with E-state index in [1.54, 1.807) is 6.08 Å². The van der Waals surface area contributed by atoms with Crippen molar-refractivity contribution in [2.24, 2.45) is 11.3 Å². The second-order valence-electron chi connectivity index (χ2n) is 7.92. The molecule has 0 heterocycles. The predicted molar refractivity (Wildman–Crippen MR) is 113 cm³/mol. The van der Waals surface area contributed by atoms with Gasteiger partial charge in [0, 0.05) is 0 Å². The van der Waals surface area contributed by atoms with E-state index in [2.05, 4.69) is 20.4 Å². The van der Waals surface area contributed by atoms with Gasteiger partial charge in [0.1, 0.15) is 0 Å². The molecule has 0 spiro atoms. The first kappa shape index (κ1) is 29.9. The molecule has 0 aromatic rings. The summed E-state index contributed by atoms with van der Waals surface area (Å²) in [7, 11) is 0. The van der Waals surface area contributed by atoms with Crippen LogP contribution in [0.3, 0.4) is 0 Å². The van der Waals surface area contributed by atoms with E-state index in [9.17, 15) is 19.8 Å². The molecule has 2 N–H and O–H groups in total. The first-order chi connectivity index (χ1) is 13.0. The molecular weight excluding hydrogens is 363 g/mol. The third-order valence-electron chi connectivity index (χ3n) is 5.72. The van der Waals surface area contributed by atoms with Crippen LogP contribution >= 0.6 is 0 Å². The van der Waals surface area contributed by atoms with Gasteiger partial charge in [-0.3, -0.25) is 9.59 Å². The Hall–Kier alpha value is -0.320. The number of carbonyl (C=O) groups is 2. The van der Waals surface area contributed by atoms with Gasteiger partial charge in [-0.15, -0.1) is 6.58 Å². The molecule has 2 atom stereocenters. The van der Waals surface area contributed by atoms with E-state index in [0.717, 1.165) is 44.9 Å². The van der Waals surface area contributed by atoms with Gasteiger partial charge in [0.05, 0.1) is 11.3 Å². The van der Waals surface area contributed by atoms with Crippen LogP contribution in [0.4, 0.5) is 0 Å². The van der Waals surface area contributed by atoms with Gasteiger partial charge in [0.15, 0.2) is 0 Å². The Morgan fingerprint density at radius 3 is 1.79 bits per heavy atom. The van der Waals surface area contributed by atoms with E-state index in [0.29, 0.717) is 12.8 Å². The van der Waals surface area contributed by atoms with Gasteiger partial charge in [-0.25, -0.2) is 0 Å². The number of carboxylic acids is 2. The third kappa shape index (κ3) is 11.6. The summed E-state index contributed by atoms with van der Waals surface area (Å²) in [5.74, 6) is -2.79. The Kier molecular flexibility index (Phi) is 19.9. The molecule has 160 valence electrons. The first-order valence-corrected chi connectivity index (χ1v) is 11.0. The van der Waals surface area contributed by atoms with Crippen LogP contribution in [0.1, 0.15) is 112 Å². The van der Waals surface area contributed by atoms with Crippen LogP contribution in [0.25, 0.3) is 0 Å². The van der Waals surface area contributed by atoms with Crippen LogP contribution in [0.5, 0.6) is 0 Å². The molecular formula is C23H43NaO4. The fourth-order valence-corrected chi connectivity index (χ4v) is 4.01. The topological polar surface area (TPSA) is 74.6 Å². The monoisotopic (exact) mass is 406 g/mol. The summed E-state index contributed by atoms with van der Waals surface area (Å²) in [4.78, 5) is 24.2. The number of hydrogen-bond acceptors (Lipinski definition) is 2. The van der Waals surface area contributed by atoms with Crippen LogP contribution in [0, 0.1) is 11.3 Å². The summed E-state index contributed by atoms with van der Waals surface area (Å²) in [5.41, 5.74) is -1.22. The summed E-state index contributed by atoms with van der Waals surface area (Å²) >= 11 is 0. The zero-order chi connectivity index (χ0) is 20.5. The van der Waals surface area contributed by atoms with Crippen molar-refractivity contribution in [1.29, 1.82) is 0 Å². The van der Waals surface area contributed by atoms with Crippen molar-refractivity contribution in [3.05, 3.63) is 12.7 Å². The second-order valence-corrected chi connectivity index (χ2v) is 7.92. The van der Waals surface area contributed by atoms with Crippen LogP contribution in [0.2, 0.25) is 0 Å². The number of aliphatic carboxylic acids is 2. The largest absolute Gasteiger partial charge is 1.00 e. The Morgan fingerprint density at radius 2 is 1.36 bits per heavy atom. The van der Waals surface area contributed by atoms with Gasteiger partial charge in [-0.2, -0.15) is 0 Å². The maximum atomic E-state index is 12.2. The molecule has 0 saturated carbocycles. The Labute approximate surface area is 196 Å². The smallest absolute Gasteiger partial charge is 1.00 e. The molecule has 0 aliphatic rings. The molecule has 0 fully saturated rings. The summed E-state index contributed by atoms with van der Waals surface area (Å²) in [5, 5.41) is 19.8. The molecule has 2 unspecified atom stereocenters. The number of rotatable bonds is 19. The predicted octanol–water partition coefficient (Wildman–Crippen LogP) is 3.95. The molecule has 0 aromatic heterocycles. The zero-order valence-electron chi connectivity index (χ0n) is 19.7. The minimum Gasteiger partial charge on any atom is -1.00 e. The Bertz CT molecular complexity index is 431. The van der Waals surface area contributed by atoms with Gasteiger partial charge < -0.3 is 11.6 Å². The van der Waals surface area contributed by atoms with Crippen LogP contribution in [-0.2, 0) is 9.59 Å². The van der Waals surface area contributed by atoms with E-state index in [1.165, 1.54) is 32.1 Å². The maximum absolute atomic E-state index is 12.2. The molecule has 0 aliphatic carbocycles. The summed E-state index contributed by atoms with van der Waals surface area (Å²) in [6, 6.07) is 0. The number of unbranched alkanes of at least 4 members (excludes halogenated alkanes) is 10. The average Bonchev–Trinajstić information content (AvgIpc) is 2.62. The molecule has 0 aromatic carbocycles. The fourth-order valence-electron chi connectivity index (χ4n) is 4.01. The second kappa shape index (κ2) is 18.7. The van der Waals surface area contributed by atoms with E-state index >= 15 is 0 Å². The van der Waals surface area contributed by atoms with E-state index in [1.807, 2.05) is 0 Å². The van der Waals surface area contributed by atoms with Crippen molar-refractivity contribution < 1.29 is 50.8 Å². The zero-order valence-corrected chi connectivity index (χ0v) is 20.7. The van der Waals surface area contributed by atoms with E-state index in [-0.39, 0.29) is 37.4 Å². The van der Waals surface area contributed by atoms with Crippen molar-refractivity contribution in [1.82, 2.24) is 0 Å². The van der Waals surface area contributed by atoms with Crippen LogP contribution in [0.15, 0.2) is 12.7 Å². The standard InChI is InChI=1S/C23H42O4.Na.H/c1-4-7-9-11-13-15-17-20(21(24)25)23(18-6-3,22(26)27)19-16-14-12-10-8-5-2;;/h6,20H,3-5,7-19H2,1-2H3,(H,24,25)(H,26,27);;/q;+1;-1. The van der Waals surface area contributed by atoms with Gasteiger partial charge >= 0.3 is 41.5 Å². The summed E-state index contributed by atoms with van der Waals surface area (Å²) in [6.07, 6.45) is 15.5. The molecule has 5 heteroatoms. The first-order valence-electron chi connectivity index (χ1n) is 11.0. The molecule has 0 bridgehead atoms. The van der Waals surface area contributed by atoms with E-state index < -0.39 is 23.3 Å². The fraction of sp³-hybridized carbons (Fsp3) is 0.826. The third-order valence-corrected chi connectivity index (χ3v) is 5.72. The molecule has 0 rings (SSSR count). The maximum Gasteiger partial charge on any atom is 1.00 e. The molecule has 0 aliphatic heterocycles. The summed E-state index contributed by atoms with van der Waals surface area (Å²) < 4.78 is 0. The number of allylic oxidation sites excluding steroid dienone is 1. The van der Waals surface area contributed by atoms with Crippen molar-refractivity contribution >= 4 is 11.9 Å². The average molecular weight is 407 g/mol. The minimum atomic E-state index is -1.22. The summed E-state index contributed by atoms with van der Waals surface area (Å²) in [6.45, 7) is 8.04. The molecule has 0 saturated heterocycles. The molecule has 28 heavy (non-hydrogen) atoms. The molecule has 0 amide bonds. The van der Waals surface area contributed by atoms with Crippen molar-refractivity contribution in [3.8, 4) is 0 Å². The van der Waals surface area contributed by atoms with Crippen LogP contribution < -0.4 is 29.6 Å². The Balaban J connectivity index is -0.00000338. The molecule has 4 nitrogen and oxygen atoms in total.